The lowest BCUT2D eigenvalue weighted by atomic mass is 9.82. The van der Waals surface area contributed by atoms with Gasteiger partial charge in [0.2, 0.25) is 5.91 Å². The van der Waals surface area contributed by atoms with Gasteiger partial charge in [0.05, 0.1) is 5.41 Å². The van der Waals surface area contributed by atoms with E-state index in [1.807, 2.05) is 12.1 Å². The van der Waals surface area contributed by atoms with E-state index in [-0.39, 0.29) is 31.1 Å². The number of Topliss-reactive ketones (excluding diaryl/α,β-unsaturated/α-hetero) is 1. The molecule has 0 bridgehead atoms. The summed E-state index contributed by atoms with van der Waals surface area (Å²) >= 11 is 0. The Morgan fingerprint density at radius 1 is 1.17 bits per heavy atom. The minimum atomic E-state index is -0.881. The minimum absolute atomic E-state index is 0.0518. The van der Waals surface area contributed by atoms with Crippen LogP contribution in [0.4, 0.5) is 0 Å². The largest absolute Gasteiger partial charge is 0.481 e. The van der Waals surface area contributed by atoms with Gasteiger partial charge in [0.1, 0.15) is 0 Å². The van der Waals surface area contributed by atoms with Gasteiger partial charge in [-0.25, -0.2) is 0 Å². The van der Waals surface area contributed by atoms with E-state index in [9.17, 15) is 19.5 Å². The van der Waals surface area contributed by atoms with Gasteiger partial charge in [0.25, 0.3) is 0 Å². The van der Waals surface area contributed by atoms with E-state index in [4.69, 9.17) is 0 Å². The number of carboxylic acid groups (broad SMARTS) is 1. The predicted octanol–water partition coefficient (Wildman–Crippen LogP) is 2.93. The molecule has 0 saturated carbocycles. The first kappa shape index (κ1) is 18.2. The maximum absolute atomic E-state index is 12.3. The van der Waals surface area contributed by atoms with Crippen molar-refractivity contribution < 1.29 is 19.5 Å². The van der Waals surface area contributed by atoms with Crippen molar-refractivity contribution in [2.75, 3.05) is 13.1 Å². The number of hydrogen-bond donors (Lipinski definition) is 1. The number of likely N-dealkylation sites (tertiary alicyclic amines) is 1. The lowest BCUT2D eigenvalue weighted by Gasteiger charge is -2.37. The number of aliphatic carboxylic acids is 1. The van der Waals surface area contributed by atoms with Gasteiger partial charge in [-0.3, -0.25) is 14.4 Å². The monoisotopic (exact) mass is 331 g/mol. The molecule has 1 aliphatic heterocycles. The van der Waals surface area contributed by atoms with Crippen molar-refractivity contribution in [3.8, 4) is 0 Å². The van der Waals surface area contributed by atoms with E-state index in [1.165, 1.54) is 5.56 Å². The minimum Gasteiger partial charge on any atom is -0.481 e. The van der Waals surface area contributed by atoms with E-state index in [0.29, 0.717) is 24.9 Å². The quantitative estimate of drug-likeness (QED) is 0.813. The standard InChI is InChI=1S/C19H25NO4/c1-3-14-5-7-15(8-6-14)16(21)9-10-17(22)20-12-4-11-19(2,13-20)18(23)24/h5-8H,3-4,9-13H2,1-2H3,(H,23,24). The highest BCUT2D eigenvalue weighted by Gasteiger charge is 2.39. The normalized spacial score (nSPS) is 20.7. The number of amides is 1. The molecule has 5 heteroatoms. The van der Waals surface area contributed by atoms with Crippen LogP contribution in [0.3, 0.4) is 0 Å². The maximum Gasteiger partial charge on any atom is 0.311 e. The molecule has 1 atom stereocenters. The molecule has 1 N–H and O–H groups in total. The molecular formula is C19H25NO4. The number of aryl methyl sites for hydroxylation is 1. The van der Waals surface area contributed by atoms with Crippen molar-refractivity contribution in [3.05, 3.63) is 35.4 Å². The molecule has 1 aliphatic rings. The molecule has 0 spiro atoms. The molecule has 130 valence electrons. The second-order valence-electron chi connectivity index (χ2n) is 6.76. The lowest BCUT2D eigenvalue weighted by Crippen LogP contribution is -2.48. The summed E-state index contributed by atoms with van der Waals surface area (Å²) < 4.78 is 0. The van der Waals surface area contributed by atoms with Gasteiger partial charge in [-0.2, -0.15) is 0 Å². The number of nitrogens with zero attached hydrogens (tertiary/aromatic N) is 1. The SMILES string of the molecule is CCc1ccc(C(=O)CCC(=O)N2CCCC(C)(C(=O)O)C2)cc1. The maximum atomic E-state index is 12.3. The Kier molecular flexibility index (Phi) is 5.75. The Balaban J connectivity index is 1.90. The summed E-state index contributed by atoms with van der Waals surface area (Å²) in [5.74, 6) is -1.06. The first-order valence-corrected chi connectivity index (χ1v) is 8.49. The first-order valence-electron chi connectivity index (χ1n) is 8.49. The van der Waals surface area contributed by atoms with Crippen LogP contribution in [0.1, 0.15) is 55.5 Å². The van der Waals surface area contributed by atoms with E-state index in [2.05, 4.69) is 6.92 Å². The van der Waals surface area contributed by atoms with E-state index in [0.717, 1.165) is 6.42 Å². The van der Waals surface area contributed by atoms with Crippen molar-refractivity contribution in [3.63, 3.8) is 0 Å². The average molecular weight is 331 g/mol. The highest BCUT2D eigenvalue weighted by molar-refractivity contribution is 5.98. The summed E-state index contributed by atoms with van der Waals surface area (Å²) in [7, 11) is 0. The number of ketones is 1. The number of hydrogen-bond acceptors (Lipinski definition) is 3. The third kappa shape index (κ3) is 4.22. The number of rotatable bonds is 6. The van der Waals surface area contributed by atoms with Gasteiger partial charge < -0.3 is 10.0 Å². The fourth-order valence-corrected chi connectivity index (χ4v) is 3.08. The highest BCUT2D eigenvalue weighted by Crippen LogP contribution is 2.30. The molecule has 0 radical (unpaired) electrons. The van der Waals surface area contributed by atoms with Crippen LogP contribution in [-0.4, -0.2) is 40.8 Å². The topological polar surface area (TPSA) is 74.7 Å². The molecule has 1 fully saturated rings. The predicted molar refractivity (Wildman–Crippen MR) is 90.9 cm³/mol. The van der Waals surface area contributed by atoms with E-state index in [1.54, 1.807) is 24.0 Å². The first-order chi connectivity index (χ1) is 11.4. The molecule has 2 rings (SSSR count). The van der Waals surface area contributed by atoms with Crippen molar-refractivity contribution >= 4 is 17.7 Å². The van der Waals surface area contributed by atoms with Crippen LogP contribution in [0.5, 0.6) is 0 Å². The molecule has 24 heavy (non-hydrogen) atoms. The van der Waals surface area contributed by atoms with Gasteiger partial charge in [0, 0.05) is 31.5 Å². The smallest absolute Gasteiger partial charge is 0.311 e. The van der Waals surface area contributed by atoms with Crippen LogP contribution in [0.15, 0.2) is 24.3 Å². The summed E-state index contributed by atoms with van der Waals surface area (Å²) in [4.78, 5) is 37.5. The van der Waals surface area contributed by atoms with E-state index < -0.39 is 11.4 Å². The second kappa shape index (κ2) is 7.60. The number of piperidine rings is 1. The number of carbonyl (C=O) groups excluding carboxylic acids is 2. The fourth-order valence-electron chi connectivity index (χ4n) is 3.08. The van der Waals surface area contributed by atoms with Crippen LogP contribution in [-0.2, 0) is 16.0 Å². The zero-order chi connectivity index (χ0) is 17.7. The lowest BCUT2D eigenvalue weighted by molar-refractivity contribution is -0.153. The summed E-state index contributed by atoms with van der Waals surface area (Å²) in [5.41, 5.74) is 0.909. The number of carbonyl (C=O) groups is 3. The Morgan fingerprint density at radius 3 is 2.42 bits per heavy atom. The van der Waals surface area contributed by atoms with Gasteiger partial charge in [-0.05, 0) is 31.7 Å². The van der Waals surface area contributed by atoms with Crippen LogP contribution in [0.2, 0.25) is 0 Å². The van der Waals surface area contributed by atoms with Crippen LogP contribution >= 0.6 is 0 Å². The Hall–Kier alpha value is -2.17. The molecule has 1 saturated heterocycles. The molecule has 0 aromatic heterocycles. The average Bonchev–Trinajstić information content (AvgIpc) is 2.59. The summed E-state index contributed by atoms with van der Waals surface area (Å²) in [6.07, 6.45) is 2.47. The molecule has 1 heterocycles. The van der Waals surface area contributed by atoms with Crippen molar-refractivity contribution in [2.45, 2.75) is 46.0 Å². The van der Waals surface area contributed by atoms with Crippen molar-refractivity contribution in [2.24, 2.45) is 5.41 Å². The van der Waals surface area contributed by atoms with Gasteiger partial charge in [0.15, 0.2) is 5.78 Å². The fraction of sp³-hybridized carbons (Fsp3) is 0.526. The Labute approximate surface area is 142 Å². The molecule has 1 aromatic carbocycles. The van der Waals surface area contributed by atoms with Gasteiger partial charge in [-0.1, -0.05) is 31.2 Å². The molecule has 1 unspecified atom stereocenters. The molecule has 0 aliphatic carbocycles. The Bertz CT molecular complexity index is 623. The third-order valence-electron chi connectivity index (χ3n) is 4.82. The molecule has 5 nitrogen and oxygen atoms in total. The van der Waals surface area contributed by atoms with Gasteiger partial charge >= 0.3 is 5.97 Å². The zero-order valence-corrected chi connectivity index (χ0v) is 14.4. The Morgan fingerprint density at radius 2 is 1.83 bits per heavy atom. The number of carboxylic acids is 1. The van der Waals surface area contributed by atoms with Crippen molar-refractivity contribution in [1.29, 1.82) is 0 Å². The van der Waals surface area contributed by atoms with Crippen molar-refractivity contribution in [1.82, 2.24) is 4.90 Å². The molecule has 1 aromatic rings. The third-order valence-corrected chi connectivity index (χ3v) is 4.82. The molecular weight excluding hydrogens is 306 g/mol. The molecule has 1 amide bonds. The summed E-state index contributed by atoms with van der Waals surface area (Å²) in [6, 6.07) is 7.46. The zero-order valence-electron chi connectivity index (χ0n) is 14.4. The summed E-state index contributed by atoms with van der Waals surface area (Å²) in [5, 5.41) is 9.31. The summed E-state index contributed by atoms with van der Waals surface area (Å²) in [6.45, 7) is 4.52. The van der Waals surface area contributed by atoms with Crippen LogP contribution in [0, 0.1) is 5.41 Å². The van der Waals surface area contributed by atoms with E-state index >= 15 is 0 Å². The van der Waals surface area contributed by atoms with Crippen LogP contribution in [0.25, 0.3) is 0 Å². The highest BCUT2D eigenvalue weighted by atomic mass is 16.4. The number of benzene rings is 1. The van der Waals surface area contributed by atoms with Crippen LogP contribution < -0.4 is 0 Å². The van der Waals surface area contributed by atoms with Gasteiger partial charge in [-0.15, -0.1) is 0 Å². The second-order valence-corrected chi connectivity index (χ2v) is 6.76.